The monoisotopic (exact) mass is 497 g/mol. The molecule has 5 nitrogen and oxygen atoms in total. The molecule has 182 valence electrons. The third kappa shape index (κ3) is 7.03. The molecule has 0 spiro atoms. The molecule has 0 aliphatic rings. The van der Waals surface area contributed by atoms with Crippen LogP contribution in [0.2, 0.25) is 5.02 Å². The molecule has 0 saturated carbocycles. The quantitative estimate of drug-likeness (QED) is 0.303. The number of aryl methyl sites for hydroxylation is 1. The largest absolute Gasteiger partial charge is 0.348 e. The van der Waals surface area contributed by atoms with Gasteiger partial charge in [0.15, 0.2) is 0 Å². The Balaban J connectivity index is 1.62. The molecule has 0 fully saturated rings. The fourth-order valence-electron chi connectivity index (χ4n) is 4.03. The zero-order valence-electron chi connectivity index (χ0n) is 19.9. The highest BCUT2D eigenvalue weighted by Gasteiger charge is 2.31. The SMILES string of the molecule is O=C(NCc1ccccn1)C(c1ccccc1)N(Cc1ccc(Cl)cc1)C(=O)CCc1ccccc1. The maximum Gasteiger partial charge on any atom is 0.247 e. The van der Waals surface area contributed by atoms with Crippen LogP contribution in [-0.4, -0.2) is 21.7 Å². The van der Waals surface area contributed by atoms with Crippen molar-refractivity contribution in [2.24, 2.45) is 0 Å². The predicted octanol–water partition coefficient (Wildman–Crippen LogP) is 5.75. The summed E-state index contributed by atoms with van der Waals surface area (Å²) in [4.78, 5) is 33.3. The standard InChI is InChI=1S/C30H28ClN3O2/c31-26-17-14-24(15-18-26)22-34(28(35)19-16-23-9-3-1-4-10-23)29(25-11-5-2-6-12-25)30(36)33-21-27-13-7-8-20-32-27/h1-15,17-18,20,29H,16,19,21-22H2,(H,33,36). The lowest BCUT2D eigenvalue weighted by molar-refractivity contribution is -0.141. The zero-order valence-corrected chi connectivity index (χ0v) is 20.6. The topological polar surface area (TPSA) is 62.3 Å². The smallest absolute Gasteiger partial charge is 0.247 e. The molecule has 1 N–H and O–H groups in total. The number of carbonyl (C=O) groups is 2. The van der Waals surface area contributed by atoms with E-state index in [1.807, 2.05) is 91.0 Å². The van der Waals surface area contributed by atoms with Crippen molar-refractivity contribution in [2.75, 3.05) is 0 Å². The van der Waals surface area contributed by atoms with Gasteiger partial charge in [0.25, 0.3) is 0 Å². The summed E-state index contributed by atoms with van der Waals surface area (Å²) in [5.41, 5.74) is 3.47. The van der Waals surface area contributed by atoms with Crippen molar-refractivity contribution < 1.29 is 9.59 Å². The van der Waals surface area contributed by atoms with Crippen LogP contribution in [0.3, 0.4) is 0 Å². The van der Waals surface area contributed by atoms with Gasteiger partial charge in [-0.3, -0.25) is 14.6 Å². The van der Waals surface area contributed by atoms with E-state index < -0.39 is 6.04 Å². The minimum Gasteiger partial charge on any atom is -0.348 e. The van der Waals surface area contributed by atoms with Crippen molar-refractivity contribution in [3.05, 3.63) is 137 Å². The third-order valence-electron chi connectivity index (χ3n) is 5.90. The zero-order chi connectivity index (χ0) is 25.2. The molecule has 0 saturated heterocycles. The Morgan fingerprint density at radius 2 is 1.47 bits per heavy atom. The molecule has 0 radical (unpaired) electrons. The molecule has 1 aromatic heterocycles. The molecule has 4 rings (SSSR count). The van der Waals surface area contributed by atoms with E-state index >= 15 is 0 Å². The van der Waals surface area contributed by atoms with Crippen molar-refractivity contribution in [2.45, 2.75) is 32.0 Å². The summed E-state index contributed by atoms with van der Waals surface area (Å²) in [5.74, 6) is -0.357. The molecule has 0 aliphatic carbocycles. The van der Waals surface area contributed by atoms with Crippen molar-refractivity contribution in [3.8, 4) is 0 Å². The Bertz CT molecular complexity index is 1250. The third-order valence-corrected chi connectivity index (χ3v) is 6.15. The fourth-order valence-corrected chi connectivity index (χ4v) is 4.16. The summed E-state index contributed by atoms with van der Waals surface area (Å²) < 4.78 is 0. The molecular weight excluding hydrogens is 470 g/mol. The number of halogens is 1. The lowest BCUT2D eigenvalue weighted by Gasteiger charge is -2.32. The van der Waals surface area contributed by atoms with E-state index in [0.29, 0.717) is 11.4 Å². The number of nitrogens with one attached hydrogen (secondary N) is 1. The lowest BCUT2D eigenvalue weighted by atomic mass is 10.0. The Hall–Kier alpha value is -3.96. The van der Waals surface area contributed by atoms with Gasteiger partial charge >= 0.3 is 0 Å². The average Bonchev–Trinajstić information content (AvgIpc) is 2.93. The van der Waals surface area contributed by atoms with E-state index in [9.17, 15) is 9.59 Å². The normalized spacial score (nSPS) is 11.5. The number of aromatic nitrogens is 1. The Kier molecular flexibility index (Phi) is 8.84. The van der Waals surface area contributed by atoms with Gasteiger partial charge in [-0.15, -0.1) is 0 Å². The molecular formula is C30H28ClN3O2. The number of hydrogen-bond donors (Lipinski definition) is 1. The first-order valence-corrected chi connectivity index (χ1v) is 12.3. The van der Waals surface area contributed by atoms with Gasteiger partial charge in [0.05, 0.1) is 12.2 Å². The first-order chi connectivity index (χ1) is 17.6. The number of carbonyl (C=O) groups excluding carboxylic acids is 2. The molecule has 0 bridgehead atoms. The van der Waals surface area contributed by atoms with E-state index in [1.54, 1.807) is 23.2 Å². The predicted molar refractivity (Wildman–Crippen MR) is 142 cm³/mol. The summed E-state index contributed by atoms with van der Waals surface area (Å²) in [6.45, 7) is 0.553. The maximum atomic E-state index is 13.7. The Morgan fingerprint density at radius 1 is 0.806 bits per heavy atom. The van der Waals surface area contributed by atoms with Crippen molar-refractivity contribution in [1.82, 2.24) is 15.2 Å². The van der Waals surface area contributed by atoms with Gasteiger partial charge in [0, 0.05) is 24.2 Å². The highest BCUT2D eigenvalue weighted by molar-refractivity contribution is 6.30. The van der Waals surface area contributed by atoms with Crippen LogP contribution in [0, 0.1) is 0 Å². The van der Waals surface area contributed by atoms with Crippen molar-refractivity contribution in [3.63, 3.8) is 0 Å². The van der Waals surface area contributed by atoms with Gasteiger partial charge in [-0.1, -0.05) is 90.5 Å². The number of amides is 2. The minimum absolute atomic E-state index is 0.101. The van der Waals surface area contributed by atoms with Gasteiger partial charge in [-0.05, 0) is 47.4 Å². The maximum absolute atomic E-state index is 13.7. The van der Waals surface area contributed by atoms with E-state index in [0.717, 1.165) is 22.4 Å². The van der Waals surface area contributed by atoms with Crippen LogP contribution in [0.25, 0.3) is 0 Å². The second-order valence-corrected chi connectivity index (χ2v) is 8.92. The van der Waals surface area contributed by atoms with Crippen molar-refractivity contribution in [1.29, 1.82) is 0 Å². The van der Waals surface area contributed by atoms with Gasteiger partial charge in [0.1, 0.15) is 6.04 Å². The van der Waals surface area contributed by atoms with Gasteiger partial charge < -0.3 is 10.2 Å². The van der Waals surface area contributed by atoms with Gasteiger partial charge in [-0.2, -0.15) is 0 Å². The van der Waals surface area contributed by atoms with Crippen LogP contribution in [0.1, 0.15) is 34.8 Å². The second kappa shape index (κ2) is 12.7. The molecule has 3 aromatic carbocycles. The molecule has 1 heterocycles. The fraction of sp³-hybridized carbons (Fsp3) is 0.167. The molecule has 6 heteroatoms. The number of benzene rings is 3. The van der Waals surface area contributed by atoms with Crippen LogP contribution >= 0.6 is 11.6 Å². The molecule has 4 aromatic rings. The van der Waals surface area contributed by atoms with Crippen LogP contribution in [-0.2, 0) is 29.1 Å². The van der Waals surface area contributed by atoms with Crippen LogP contribution in [0.4, 0.5) is 0 Å². The van der Waals surface area contributed by atoms with E-state index in [1.165, 1.54) is 0 Å². The molecule has 1 unspecified atom stereocenters. The molecule has 36 heavy (non-hydrogen) atoms. The number of hydrogen-bond acceptors (Lipinski definition) is 3. The van der Waals surface area contributed by atoms with E-state index in [2.05, 4.69) is 10.3 Å². The molecule has 2 amide bonds. The minimum atomic E-state index is -0.797. The molecule has 1 atom stereocenters. The van der Waals surface area contributed by atoms with Crippen LogP contribution in [0.15, 0.2) is 109 Å². The highest BCUT2D eigenvalue weighted by atomic mass is 35.5. The van der Waals surface area contributed by atoms with Gasteiger partial charge in [0.2, 0.25) is 11.8 Å². The summed E-state index contributed by atoms with van der Waals surface area (Å²) in [6, 6.07) is 31.4. The Morgan fingerprint density at radius 3 is 2.14 bits per heavy atom. The number of pyridine rings is 1. The Labute approximate surface area is 216 Å². The summed E-state index contributed by atoms with van der Waals surface area (Å²) >= 11 is 6.09. The van der Waals surface area contributed by atoms with Crippen molar-refractivity contribution >= 4 is 23.4 Å². The first-order valence-electron chi connectivity index (χ1n) is 11.9. The molecule has 0 aliphatic heterocycles. The average molecular weight is 498 g/mol. The van der Waals surface area contributed by atoms with E-state index in [4.69, 9.17) is 11.6 Å². The summed E-state index contributed by atoms with van der Waals surface area (Å²) in [7, 11) is 0. The van der Waals surface area contributed by atoms with Crippen LogP contribution < -0.4 is 5.32 Å². The van der Waals surface area contributed by atoms with Gasteiger partial charge in [-0.25, -0.2) is 0 Å². The number of nitrogens with zero attached hydrogens (tertiary/aromatic N) is 2. The van der Waals surface area contributed by atoms with Crippen LogP contribution in [0.5, 0.6) is 0 Å². The van der Waals surface area contributed by atoms with E-state index in [-0.39, 0.29) is 31.3 Å². The lowest BCUT2D eigenvalue weighted by Crippen LogP contribution is -2.43. The second-order valence-electron chi connectivity index (χ2n) is 8.49. The summed E-state index contributed by atoms with van der Waals surface area (Å²) in [6.07, 6.45) is 2.57. The number of rotatable bonds is 10. The first kappa shape index (κ1) is 25.1. The highest BCUT2D eigenvalue weighted by Crippen LogP contribution is 2.26. The summed E-state index contributed by atoms with van der Waals surface area (Å²) in [5, 5.41) is 3.60.